The second kappa shape index (κ2) is 9.16. The van der Waals surface area contributed by atoms with Crippen LogP contribution in [0.15, 0.2) is 102 Å². The summed E-state index contributed by atoms with van der Waals surface area (Å²) in [6.45, 7) is 8.14. The first kappa shape index (κ1) is 25.0. The molecule has 4 aromatic rings. The largest absolute Gasteiger partial charge is 0.516 e. The summed E-state index contributed by atoms with van der Waals surface area (Å²) in [5.41, 5.74) is 3.53. The highest BCUT2D eigenvalue weighted by atomic mass is 35.5. The maximum atomic E-state index is 6.46. The average Bonchev–Trinajstić information content (AvgIpc) is 3.39. The fourth-order valence-corrected chi connectivity index (χ4v) is 5.67. The van der Waals surface area contributed by atoms with Gasteiger partial charge in [-0.25, -0.2) is 4.98 Å². The lowest BCUT2D eigenvalue weighted by Gasteiger charge is -2.39. The van der Waals surface area contributed by atoms with Crippen LogP contribution in [-0.2, 0) is 14.7 Å². The highest BCUT2D eigenvalue weighted by Crippen LogP contribution is 2.53. The van der Waals surface area contributed by atoms with Crippen LogP contribution in [0.1, 0.15) is 61.8 Å². The van der Waals surface area contributed by atoms with E-state index in [-0.39, 0.29) is 0 Å². The van der Waals surface area contributed by atoms with Crippen molar-refractivity contribution in [1.29, 1.82) is 0 Å². The maximum absolute atomic E-state index is 6.46. The van der Waals surface area contributed by atoms with Crippen molar-refractivity contribution < 1.29 is 9.31 Å². The van der Waals surface area contributed by atoms with E-state index < -0.39 is 29.8 Å². The molecule has 3 heterocycles. The third kappa shape index (κ3) is 3.82. The first-order valence-corrected chi connectivity index (χ1v) is 13.2. The Labute approximate surface area is 229 Å². The van der Waals surface area contributed by atoms with Crippen LogP contribution in [0, 0.1) is 0 Å². The van der Waals surface area contributed by atoms with E-state index in [1.165, 1.54) is 0 Å². The van der Waals surface area contributed by atoms with Gasteiger partial charge in [-0.1, -0.05) is 103 Å². The quantitative estimate of drug-likeness (QED) is 0.218. The van der Waals surface area contributed by atoms with Crippen LogP contribution >= 0.6 is 11.6 Å². The summed E-state index contributed by atoms with van der Waals surface area (Å²) >= 11 is 6.41. The molecule has 2 aliphatic heterocycles. The van der Waals surface area contributed by atoms with E-state index in [0.29, 0.717) is 16.5 Å². The predicted molar refractivity (Wildman–Crippen MR) is 152 cm³/mol. The Morgan fingerprint density at radius 1 is 0.737 bits per heavy atom. The summed E-state index contributed by atoms with van der Waals surface area (Å²) in [7, 11) is -0.698. The molecule has 0 bridgehead atoms. The average molecular weight is 522 g/mol. The van der Waals surface area contributed by atoms with Crippen molar-refractivity contribution in [3.8, 4) is 0 Å². The van der Waals surface area contributed by atoms with Crippen LogP contribution in [0.4, 0.5) is 0 Å². The van der Waals surface area contributed by atoms with Crippen molar-refractivity contribution in [2.75, 3.05) is 0 Å². The number of aromatic nitrogens is 2. The van der Waals surface area contributed by atoms with Crippen LogP contribution in [0.2, 0.25) is 5.15 Å². The molecule has 1 atom stereocenters. The number of aliphatic imine (C=N–C) groups is 1. The van der Waals surface area contributed by atoms with E-state index in [4.69, 9.17) is 35.9 Å². The van der Waals surface area contributed by atoms with Gasteiger partial charge in [0.2, 0.25) is 0 Å². The van der Waals surface area contributed by atoms with Crippen LogP contribution in [0.3, 0.4) is 0 Å². The summed E-state index contributed by atoms with van der Waals surface area (Å²) < 4.78 is 12.9. The van der Waals surface area contributed by atoms with Gasteiger partial charge in [-0.3, -0.25) is 9.98 Å². The number of rotatable bonds is 5. The molecule has 0 N–H and O–H groups in total. The Bertz CT molecular complexity index is 1380. The lowest BCUT2D eigenvalue weighted by molar-refractivity contribution is 0.00578. The normalized spacial score (nSPS) is 19.8. The van der Waals surface area contributed by atoms with Gasteiger partial charge in [0, 0.05) is 0 Å². The van der Waals surface area contributed by atoms with Crippen molar-refractivity contribution in [2.45, 2.75) is 50.4 Å². The van der Waals surface area contributed by atoms with Gasteiger partial charge in [-0.05, 0) is 44.4 Å². The molecule has 0 radical (unpaired) electrons. The van der Waals surface area contributed by atoms with Gasteiger partial charge in [-0.2, -0.15) is 0 Å². The van der Waals surface area contributed by atoms with Crippen molar-refractivity contribution in [3.05, 3.63) is 130 Å². The Morgan fingerprint density at radius 3 is 1.63 bits per heavy atom. The van der Waals surface area contributed by atoms with Gasteiger partial charge in [-0.15, -0.1) is 0 Å². The van der Waals surface area contributed by atoms with Gasteiger partial charge < -0.3 is 9.31 Å². The SMILES string of the molecule is CC1(C)OB(C2=NC(C(c3ccccc3)(c3ccccc3)c3ccccc3)c3ncc(Cl)nc32)OC1(C)C. The molecule has 0 aliphatic carbocycles. The second-order valence-corrected chi connectivity index (χ2v) is 11.2. The first-order valence-electron chi connectivity index (χ1n) is 12.9. The summed E-state index contributed by atoms with van der Waals surface area (Å²) in [6, 6.07) is 31.0. The van der Waals surface area contributed by atoms with Crippen LogP contribution in [-0.4, -0.2) is 33.9 Å². The molecule has 6 rings (SSSR count). The summed E-state index contributed by atoms with van der Waals surface area (Å²) in [4.78, 5) is 15.0. The molecule has 1 saturated heterocycles. The summed E-state index contributed by atoms with van der Waals surface area (Å²) in [5.74, 6) is 0. The summed E-state index contributed by atoms with van der Waals surface area (Å²) in [5, 5.41) is 0.304. The molecular weight excluding hydrogens is 493 g/mol. The molecule has 2 aliphatic rings. The van der Waals surface area contributed by atoms with E-state index in [1.807, 2.05) is 45.9 Å². The number of benzene rings is 3. The van der Waals surface area contributed by atoms with E-state index in [9.17, 15) is 0 Å². The zero-order valence-electron chi connectivity index (χ0n) is 21.9. The highest BCUT2D eigenvalue weighted by Gasteiger charge is 2.57. The van der Waals surface area contributed by atoms with Crippen LogP contribution in [0.25, 0.3) is 0 Å². The fraction of sp³-hybridized carbons (Fsp3) is 0.258. The molecule has 1 fully saturated rings. The lowest BCUT2D eigenvalue weighted by Crippen LogP contribution is -2.41. The molecule has 0 spiro atoms. The number of hydrogen-bond donors (Lipinski definition) is 0. The van der Waals surface area contributed by atoms with Crippen LogP contribution in [0.5, 0.6) is 0 Å². The van der Waals surface area contributed by atoms with Gasteiger partial charge in [0.15, 0.2) is 0 Å². The molecular formula is C31H29BClN3O2. The van der Waals surface area contributed by atoms with E-state index in [2.05, 4.69) is 72.8 Å². The minimum atomic E-state index is -0.702. The molecule has 1 aromatic heterocycles. The Kier molecular flexibility index (Phi) is 6.02. The lowest BCUT2D eigenvalue weighted by atomic mass is 9.64. The molecule has 1 unspecified atom stereocenters. The fourth-order valence-electron chi connectivity index (χ4n) is 5.53. The van der Waals surface area contributed by atoms with E-state index in [1.54, 1.807) is 6.20 Å². The summed E-state index contributed by atoms with van der Waals surface area (Å²) in [6.07, 6.45) is 1.60. The zero-order valence-corrected chi connectivity index (χ0v) is 22.7. The maximum Gasteiger partial charge on any atom is 0.516 e. The molecule has 0 amide bonds. The van der Waals surface area contributed by atoms with Gasteiger partial charge in [0.05, 0.1) is 34.1 Å². The number of hydrogen-bond acceptors (Lipinski definition) is 5. The highest BCUT2D eigenvalue weighted by molar-refractivity contribution is 6.85. The molecule has 3 aromatic carbocycles. The van der Waals surface area contributed by atoms with Crippen molar-refractivity contribution in [3.63, 3.8) is 0 Å². The topological polar surface area (TPSA) is 56.6 Å². The third-order valence-electron chi connectivity index (χ3n) is 8.12. The van der Waals surface area contributed by atoms with E-state index in [0.717, 1.165) is 22.4 Å². The standard InChI is InChI=1S/C31H29BClN3O2/c1-29(2)30(3,4)38-32(37-29)28-26-25(34-20-24(33)35-26)27(36-28)31(21-14-8-5-9-15-21,22-16-10-6-11-17-22)23-18-12-7-13-19-23/h5-20,27H,1-4H3. The Balaban J connectivity index is 1.65. The first-order chi connectivity index (χ1) is 18.2. The van der Waals surface area contributed by atoms with Crippen molar-refractivity contribution in [2.24, 2.45) is 4.99 Å². The number of fused-ring (bicyclic) bond motifs is 1. The minimum Gasteiger partial charge on any atom is -0.398 e. The predicted octanol–water partition coefficient (Wildman–Crippen LogP) is 6.64. The number of nitrogens with zero attached hydrogens (tertiary/aromatic N) is 3. The smallest absolute Gasteiger partial charge is 0.398 e. The van der Waals surface area contributed by atoms with Gasteiger partial charge in [0.25, 0.3) is 0 Å². The van der Waals surface area contributed by atoms with E-state index >= 15 is 0 Å². The van der Waals surface area contributed by atoms with Crippen molar-refractivity contribution >= 4 is 24.3 Å². The molecule has 38 heavy (non-hydrogen) atoms. The minimum absolute atomic E-state index is 0.304. The third-order valence-corrected chi connectivity index (χ3v) is 8.30. The Hall–Kier alpha value is -3.32. The second-order valence-electron chi connectivity index (χ2n) is 10.8. The zero-order chi connectivity index (χ0) is 26.5. The van der Waals surface area contributed by atoms with Crippen molar-refractivity contribution in [1.82, 2.24) is 9.97 Å². The molecule has 0 saturated carbocycles. The van der Waals surface area contributed by atoms with Gasteiger partial charge in [0.1, 0.15) is 16.9 Å². The van der Waals surface area contributed by atoms with Crippen LogP contribution < -0.4 is 0 Å². The molecule has 190 valence electrons. The Morgan fingerprint density at radius 2 is 1.18 bits per heavy atom. The van der Waals surface area contributed by atoms with Gasteiger partial charge >= 0.3 is 7.12 Å². The monoisotopic (exact) mass is 521 g/mol. The number of halogens is 1. The molecule has 5 nitrogen and oxygen atoms in total. The molecule has 7 heteroatoms.